The molecule has 0 atom stereocenters. The molecular weight excluding hydrogens is 224 g/mol. The fourth-order valence-corrected chi connectivity index (χ4v) is 1.33. The maximum atomic E-state index is 11.0. The van der Waals surface area contributed by atoms with Crippen LogP contribution in [0.3, 0.4) is 0 Å². The van der Waals surface area contributed by atoms with Crippen LogP contribution in [0, 0.1) is 0 Å². The van der Waals surface area contributed by atoms with E-state index in [2.05, 4.69) is 15.6 Å². The Morgan fingerprint density at radius 3 is 3.00 bits per heavy atom. The Bertz CT molecular complexity index is 394. The average Bonchev–Trinajstić information content (AvgIpc) is 2.29. The molecule has 0 spiro atoms. The van der Waals surface area contributed by atoms with Crippen molar-refractivity contribution in [3.05, 3.63) is 23.9 Å². The molecule has 0 saturated carbocycles. The number of carbonyl (C=O) groups is 1. The van der Waals surface area contributed by atoms with E-state index in [1.165, 1.54) is 0 Å². The fourth-order valence-electron chi connectivity index (χ4n) is 1.16. The minimum Gasteiger partial charge on any atom is -0.389 e. The zero-order valence-electron chi connectivity index (χ0n) is 8.99. The van der Waals surface area contributed by atoms with Gasteiger partial charge in [-0.1, -0.05) is 12.2 Å². The van der Waals surface area contributed by atoms with Crippen LogP contribution in [0.5, 0.6) is 0 Å². The van der Waals surface area contributed by atoms with Crippen LogP contribution < -0.4 is 16.4 Å². The van der Waals surface area contributed by atoms with Gasteiger partial charge in [0.25, 0.3) is 0 Å². The Hall–Kier alpha value is -1.69. The summed E-state index contributed by atoms with van der Waals surface area (Å²) < 4.78 is 0. The molecule has 0 bridgehead atoms. The number of pyridine rings is 1. The molecule has 4 N–H and O–H groups in total. The first-order chi connectivity index (χ1) is 7.65. The third-order valence-electron chi connectivity index (χ3n) is 2.00. The molecule has 86 valence electrons. The highest BCUT2D eigenvalue weighted by Crippen LogP contribution is 2.10. The summed E-state index contributed by atoms with van der Waals surface area (Å²) in [6, 6.07) is 3.55. The molecular formula is C10H14N4OS. The average molecular weight is 238 g/mol. The van der Waals surface area contributed by atoms with Crippen molar-refractivity contribution in [2.75, 3.05) is 18.9 Å². The first-order valence-corrected chi connectivity index (χ1v) is 5.25. The second kappa shape index (κ2) is 6.02. The SMILES string of the molecule is CNC(=O)CCNc1ncccc1C(N)=S. The van der Waals surface area contributed by atoms with Crippen LogP contribution in [0.15, 0.2) is 18.3 Å². The predicted octanol–water partition coefficient (Wildman–Crippen LogP) is 0.264. The van der Waals surface area contributed by atoms with Crippen LogP contribution in [0.25, 0.3) is 0 Å². The molecule has 6 heteroatoms. The lowest BCUT2D eigenvalue weighted by atomic mass is 10.2. The Kier molecular flexibility index (Phi) is 4.65. The molecule has 0 aliphatic rings. The van der Waals surface area contributed by atoms with Gasteiger partial charge >= 0.3 is 0 Å². The van der Waals surface area contributed by atoms with Crippen LogP contribution in [0.2, 0.25) is 0 Å². The van der Waals surface area contributed by atoms with Crippen molar-refractivity contribution in [2.24, 2.45) is 5.73 Å². The standard InChI is InChI=1S/C10H14N4OS/c1-12-8(15)4-6-14-10-7(9(11)16)3-2-5-13-10/h2-3,5H,4,6H2,1H3,(H2,11,16)(H,12,15)(H,13,14). The van der Waals surface area contributed by atoms with Gasteiger partial charge in [0, 0.05) is 26.2 Å². The topological polar surface area (TPSA) is 80.0 Å². The maximum absolute atomic E-state index is 11.0. The highest BCUT2D eigenvalue weighted by molar-refractivity contribution is 7.80. The predicted molar refractivity (Wildman–Crippen MR) is 67.3 cm³/mol. The Morgan fingerprint density at radius 2 is 2.38 bits per heavy atom. The van der Waals surface area contributed by atoms with E-state index in [1.807, 2.05) is 0 Å². The van der Waals surface area contributed by atoms with E-state index >= 15 is 0 Å². The van der Waals surface area contributed by atoms with Crippen LogP contribution in [-0.2, 0) is 4.79 Å². The molecule has 5 nitrogen and oxygen atoms in total. The lowest BCUT2D eigenvalue weighted by Crippen LogP contribution is -2.22. The molecule has 0 radical (unpaired) electrons. The number of hydrogen-bond acceptors (Lipinski definition) is 4. The molecule has 0 fully saturated rings. The summed E-state index contributed by atoms with van der Waals surface area (Å²) in [6.07, 6.45) is 2.02. The van der Waals surface area contributed by atoms with Crippen molar-refractivity contribution < 1.29 is 4.79 Å². The van der Waals surface area contributed by atoms with Crippen LogP contribution in [0.1, 0.15) is 12.0 Å². The van der Waals surface area contributed by atoms with Crippen LogP contribution >= 0.6 is 12.2 Å². The summed E-state index contributed by atoms with van der Waals surface area (Å²) in [4.78, 5) is 15.4. The van der Waals surface area contributed by atoms with Crippen molar-refractivity contribution in [1.29, 1.82) is 0 Å². The summed E-state index contributed by atoms with van der Waals surface area (Å²) in [7, 11) is 1.60. The van der Waals surface area contributed by atoms with Crippen molar-refractivity contribution >= 4 is 28.9 Å². The Morgan fingerprint density at radius 1 is 1.62 bits per heavy atom. The number of rotatable bonds is 5. The van der Waals surface area contributed by atoms with Gasteiger partial charge in [0.15, 0.2) is 0 Å². The van der Waals surface area contributed by atoms with Gasteiger partial charge in [0.2, 0.25) is 5.91 Å². The molecule has 1 aromatic heterocycles. The van der Waals surface area contributed by atoms with Crippen molar-refractivity contribution in [1.82, 2.24) is 10.3 Å². The molecule has 0 aromatic carbocycles. The quantitative estimate of drug-likeness (QED) is 0.641. The zero-order valence-corrected chi connectivity index (χ0v) is 9.80. The van der Waals surface area contributed by atoms with Crippen LogP contribution in [-0.4, -0.2) is 29.5 Å². The largest absolute Gasteiger partial charge is 0.389 e. The number of aromatic nitrogens is 1. The van der Waals surface area contributed by atoms with Gasteiger partial charge in [-0.25, -0.2) is 4.98 Å². The number of carbonyl (C=O) groups excluding carboxylic acids is 1. The number of thiocarbonyl (C=S) groups is 1. The Labute approximate surface area is 99.4 Å². The van der Waals surface area contributed by atoms with E-state index in [0.29, 0.717) is 24.3 Å². The van der Waals surface area contributed by atoms with E-state index in [0.717, 1.165) is 0 Å². The van der Waals surface area contributed by atoms with Gasteiger partial charge in [-0.3, -0.25) is 4.79 Å². The molecule has 1 heterocycles. The molecule has 1 aromatic rings. The molecule has 0 aliphatic heterocycles. The summed E-state index contributed by atoms with van der Waals surface area (Å²) >= 11 is 4.89. The highest BCUT2D eigenvalue weighted by Gasteiger charge is 2.05. The number of hydrogen-bond donors (Lipinski definition) is 3. The monoisotopic (exact) mass is 238 g/mol. The van der Waals surface area contributed by atoms with E-state index < -0.39 is 0 Å². The molecule has 0 unspecified atom stereocenters. The fraction of sp³-hybridized carbons (Fsp3) is 0.300. The van der Waals surface area contributed by atoms with Crippen molar-refractivity contribution in [2.45, 2.75) is 6.42 Å². The molecule has 0 aliphatic carbocycles. The summed E-state index contributed by atoms with van der Waals surface area (Å²) in [5.41, 5.74) is 6.23. The normalized spacial score (nSPS) is 9.56. The minimum atomic E-state index is -0.0275. The molecule has 16 heavy (non-hydrogen) atoms. The maximum Gasteiger partial charge on any atom is 0.221 e. The Balaban J connectivity index is 2.60. The van der Waals surface area contributed by atoms with Gasteiger partial charge in [-0.15, -0.1) is 0 Å². The van der Waals surface area contributed by atoms with Gasteiger partial charge in [0.05, 0.1) is 5.56 Å². The highest BCUT2D eigenvalue weighted by atomic mass is 32.1. The first-order valence-electron chi connectivity index (χ1n) is 4.84. The molecule has 1 amide bonds. The van der Waals surface area contributed by atoms with Gasteiger partial charge in [-0.2, -0.15) is 0 Å². The second-order valence-corrected chi connectivity index (χ2v) is 3.55. The number of nitrogens with one attached hydrogen (secondary N) is 2. The van der Waals surface area contributed by atoms with Crippen molar-refractivity contribution in [3.8, 4) is 0 Å². The van der Waals surface area contributed by atoms with E-state index in [-0.39, 0.29) is 10.9 Å². The summed E-state index contributed by atoms with van der Waals surface area (Å²) in [5, 5.41) is 5.56. The van der Waals surface area contributed by atoms with Crippen molar-refractivity contribution in [3.63, 3.8) is 0 Å². The van der Waals surface area contributed by atoms with E-state index in [9.17, 15) is 4.79 Å². The number of nitrogens with zero attached hydrogens (tertiary/aromatic N) is 1. The first kappa shape index (κ1) is 12.4. The lowest BCUT2D eigenvalue weighted by molar-refractivity contribution is -0.120. The number of amides is 1. The molecule has 0 saturated heterocycles. The van der Waals surface area contributed by atoms with E-state index in [4.69, 9.17) is 18.0 Å². The smallest absolute Gasteiger partial charge is 0.221 e. The zero-order chi connectivity index (χ0) is 12.0. The van der Waals surface area contributed by atoms with Gasteiger partial charge in [-0.05, 0) is 12.1 Å². The van der Waals surface area contributed by atoms with Gasteiger partial charge < -0.3 is 16.4 Å². The lowest BCUT2D eigenvalue weighted by Gasteiger charge is -2.08. The van der Waals surface area contributed by atoms with E-state index in [1.54, 1.807) is 25.4 Å². The second-order valence-electron chi connectivity index (χ2n) is 3.11. The summed E-state index contributed by atoms with van der Waals surface area (Å²) in [5.74, 6) is 0.583. The third kappa shape index (κ3) is 3.47. The van der Waals surface area contributed by atoms with Crippen LogP contribution in [0.4, 0.5) is 5.82 Å². The number of anilines is 1. The number of nitrogens with two attached hydrogens (primary N) is 1. The third-order valence-corrected chi connectivity index (χ3v) is 2.22. The summed E-state index contributed by atoms with van der Waals surface area (Å²) in [6.45, 7) is 0.492. The minimum absolute atomic E-state index is 0.0275. The van der Waals surface area contributed by atoms with Gasteiger partial charge in [0.1, 0.15) is 10.8 Å². The molecule has 1 rings (SSSR count).